The monoisotopic (exact) mass is 945 g/mol. The van der Waals surface area contributed by atoms with Crippen LogP contribution in [-0.4, -0.2) is 96.4 Å². The molecule has 2 heterocycles. The van der Waals surface area contributed by atoms with Gasteiger partial charge in [-0.25, -0.2) is 21.6 Å². The topological polar surface area (TPSA) is 146 Å². The summed E-state index contributed by atoms with van der Waals surface area (Å²) in [4.78, 5) is 14.3. The molecule has 338 valence electrons. The second-order valence-corrected chi connectivity index (χ2v) is 21.1. The number of sulfone groups is 1. The zero-order valence-electron chi connectivity index (χ0n) is 34.5. The summed E-state index contributed by atoms with van der Waals surface area (Å²) < 4.78 is 103. The van der Waals surface area contributed by atoms with Crippen LogP contribution in [0.4, 0.5) is 24.5 Å². The third kappa shape index (κ3) is 12.4. The Balaban J connectivity index is 0.990. The predicted octanol–water partition coefficient (Wildman–Crippen LogP) is 8.61. The van der Waals surface area contributed by atoms with Crippen LogP contribution in [-0.2, 0) is 24.6 Å². The van der Waals surface area contributed by atoms with Crippen LogP contribution >= 0.6 is 23.4 Å². The van der Waals surface area contributed by atoms with Gasteiger partial charge in [0.05, 0.1) is 22.8 Å². The van der Waals surface area contributed by atoms with Crippen LogP contribution < -0.4 is 20.7 Å². The number of nitrogens with zero attached hydrogens (tertiary/aromatic N) is 1. The van der Waals surface area contributed by atoms with E-state index in [1.807, 2.05) is 47.2 Å². The molecule has 0 spiro atoms. The Hall–Kier alpha value is -4.10. The second kappa shape index (κ2) is 20.8. The van der Waals surface area contributed by atoms with E-state index in [4.69, 9.17) is 16.3 Å². The van der Waals surface area contributed by atoms with Gasteiger partial charge < -0.3 is 20.7 Å². The third-order valence-electron chi connectivity index (χ3n) is 11.4. The lowest BCUT2D eigenvalue weighted by Gasteiger charge is -2.33. The van der Waals surface area contributed by atoms with Crippen LogP contribution in [0, 0.1) is 0 Å². The molecule has 1 amide bonds. The number of anilines is 2. The van der Waals surface area contributed by atoms with Crippen molar-refractivity contribution in [3.8, 4) is 0 Å². The van der Waals surface area contributed by atoms with Crippen LogP contribution in [0.3, 0.4) is 0 Å². The number of thioether (sulfide) groups is 1. The van der Waals surface area contributed by atoms with Crippen LogP contribution in [0.2, 0.25) is 5.02 Å². The summed E-state index contributed by atoms with van der Waals surface area (Å²) in [6.07, 6.45) is 7.00. The fourth-order valence-corrected chi connectivity index (χ4v) is 11.3. The summed E-state index contributed by atoms with van der Waals surface area (Å²) in [7, 11) is -10.9. The van der Waals surface area contributed by atoms with E-state index < -0.39 is 52.8 Å². The van der Waals surface area contributed by atoms with Gasteiger partial charge in [0, 0.05) is 72.2 Å². The lowest BCUT2D eigenvalue weighted by atomic mass is 9.87. The Labute approximate surface area is 376 Å². The van der Waals surface area contributed by atoms with Gasteiger partial charge in [0.15, 0.2) is 0 Å². The van der Waals surface area contributed by atoms with Crippen molar-refractivity contribution in [3.63, 3.8) is 0 Å². The number of nitrogens with one attached hydrogen (secondary N) is 4. The number of morpholine rings is 1. The number of amides is 1. The van der Waals surface area contributed by atoms with Crippen LogP contribution in [0.25, 0.3) is 5.57 Å². The quantitative estimate of drug-likeness (QED) is 0.0530. The largest absolute Gasteiger partial charge is 0.501 e. The molecule has 2 saturated heterocycles. The maximum atomic E-state index is 14.2. The Morgan fingerprint density at radius 2 is 1.57 bits per heavy atom. The van der Waals surface area contributed by atoms with E-state index in [9.17, 15) is 34.8 Å². The molecule has 18 heteroatoms. The second-order valence-electron chi connectivity index (χ2n) is 16.0. The standard InChI is InChI=1S/C45H51ClF3N5O6S3/c46-34-14-10-31(11-15-34)41-9-5-4-6-33(41)27-50-23-24-51-35-16-12-32(13-17-35)44(55)53-63(58,59)40-20-21-42(43(26-40)62(56,57)45(47,48)49)52-36(30-61-39-7-2-1-3-8-39)22-25-54-28-37-18-19-38(29-54)60-37/h1-3,7-8,10-17,20-21,26,36-38,50-52H,4-6,9,18-19,22-25,27-30H2,(H,53,55)/t36-,37?,38?/m1/s1. The van der Waals surface area contributed by atoms with E-state index in [1.165, 1.54) is 40.6 Å². The summed E-state index contributed by atoms with van der Waals surface area (Å²) in [5.74, 6) is -0.670. The normalized spacial score (nSPS) is 18.9. The maximum absolute atomic E-state index is 14.2. The number of hydrogen-bond donors (Lipinski definition) is 4. The number of ether oxygens (including phenoxy) is 1. The van der Waals surface area contributed by atoms with E-state index in [1.54, 1.807) is 12.1 Å². The highest BCUT2D eigenvalue weighted by molar-refractivity contribution is 7.99. The minimum absolute atomic E-state index is 0.0327. The number of allylic oxidation sites excluding steroid dienone is 1. The van der Waals surface area contributed by atoms with Gasteiger partial charge in [-0.3, -0.25) is 9.69 Å². The molecule has 4 aromatic rings. The van der Waals surface area contributed by atoms with Gasteiger partial charge in [-0.15, -0.1) is 11.8 Å². The van der Waals surface area contributed by atoms with Gasteiger partial charge in [-0.1, -0.05) is 47.5 Å². The van der Waals surface area contributed by atoms with E-state index in [0.717, 1.165) is 75.2 Å². The first kappa shape index (κ1) is 46.9. The molecule has 7 rings (SSSR count). The van der Waals surface area contributed by atoms with E-state index in [2.05, 4.69) is 33.0 Å². The number of hydrogen-bond acceptors (Lipinski definition) is 11. The Bertz CT molecular complexity index is 2450. The van der Waals surface area contributed by atoms with Crippen LogP contribution in [0.15, 0.2) is 117 Å². The van der Waals surface area contributed by atoms with Crippen LogP contribution in [0.1, 0.15) is 60.9 Å². The van der Waals surface area contributed by atoms with E-state index in [0.29, 0.717) is 48.6 Å². The summed E-state index contributed by atoms with van der Waals surface area (Å²) in [5.41, 5.74) is -1.57. The van der Waals surface area contributed by atoms with Crippen molar-refractivity contribution in [2.75, 3.05) is 55.7 Å². The lowest BCUT2D eigenvalue weighted by Crippen LogP contribution is -2.44. The minimum atomic E-state index is -6.05. The van der Waals surface area contributed by atoms with Gasteiger partial charge in [0.1, 0.15) is 4.90 Å². The van der Waals surface area contributed by atoms with Gasteiger partial charge in [-0.2, -0.15) is 13.2 Å². The van der Waals surface area contributed by atoms with Crippen molar-refractivity contribution in [2.45, 2.75) is 83.4 Å². The minimum Gasteiger partial charge on any atom is -0.384 e. The third-order valence-corrected chi connectivity index (χ3v) is 15.7. The molecule has 2 fully saturated rings. The molecule has 0 radical (unpaired) electrons. The first-order chi connectivity index (χ1) is 30.1. The number of carbonyl (C=O) groups excluding carboxylic acids is 1. The van der Waals surface area contributed by atoms with Crippen molar-refractivity contribution in [3.05, 3.63) is 119 Å². The molecule has 1 aliphatic carbocycles. The van der Waals surface area contributed by atoms with E-state index >= 15 is 0 Å². The highest BCUT2D eigenvalue weighted by Crippen LogP contribution is 2.37. The molecule has 3 atom stereocenters. The molecule has 0 saturated carbocycles. The molecule has 3 aliphatic rings. The molecule has 0 aromatic heterocycles. The molecule has 2 unspecified atom stereocenters. The first-order valence-electron chi connectivity index (χ1n) is 21.0. The van der Waals surface area contributed by atoms with Gasteiger partial charge >= 0.3 is 5.51 Å². The fourth-order valence-electron chi connectivity index (χ4n) is 8.16. The zero-order valence-corrected chi connectivity index (χ0v) is 37.7. The number of benzene rings is 4. The summed E-state index contributed by atoms with van der Waals surface area (Å²) in [6.45, 7) is 4.02. The molecule has 11 nitrogen and oxygen atoms in total. The summed E-state index contributed by atoms with van der Waals surface area (Å²) in [6, 6.07) is 25.3. The van der Waals surface area contributed by atoms with Crippen molar-refractivity contribution < 1.29 is 39.5 Å². The van der Waals surface area contributed by atoms with E-state index in [-0.39, 0.29) is 17.8 Å². The van der Waals surface area contributed by atoms with Gasteiger partial charge in [0.25, 0.3) is 25.8 Å². The molecule has 2 bridgehead atoms. The number of likely N-dealkylation sites (tertiary alicyclic amines) is 1. The Kier molecular flexibility index (Phi) is 15.5. The number of alkyl halides is 3. The first-order valence-corrected chi connectivity index (χ1v) is 25.3. The highest BCUT2D eigenvalue weighted by Gasteiger charge is 2.48. The molecule has 2 aliphatic heterocycles. The lowest BCUT2D eigenvalue weighted by molar-refractivity contribution is -0.0436. The predicted molar refractivity (Wildman–Crippen MR) is 243 cm³/mol. The number of fused-ring (bicyclic) bond motifs is 2. The number of halogens is 4. The maximum Gasteiger partial charge on any atom is 0.501 e. The van der Waals surface area contributed by atoms with Crippen molar-refractivity contribution >= 4 is 66.1 Å². The van der Waals surface area contributed by atoms with Crippen LogP contribution in [0.5, 0.6) is 0 Å². The average Bonchev–Trinajstić information content (AvgIpc) is 3.61. The molecular formula is C45H51ClF3N5O6S3. The zero-order chi connectivity index (χ0) is 44.6. The smallest absolute Gasteiger partial charge is 0.384 e. The Morgan fingerprint density at radius 3 is 2.27 bits per heavy atom. The van der Waals surface area contributed by atoms with Crippen molar-refractivity contribution in [1.82, 2.24) is 14.9 Å². The molecular weight excluding hydrogens is 895 g/mol. The van der Waals surface area contributed by atoms with Gasteiger partial charge in [-0.05, 0) is 123 Å². The number of rotatable bonds is 19. The molecule has 63 heavy (non-hydrogen) atoms. The average molecular weight is 947 g/mol. The van der Waals surface area contributed by atoms with Crippen molar-refractivity contribution in [2.24, 2.45) is 0 Å². The number of carbonyl (C=O) groups is 1. The SMILES string of the molecule is O=C(NS(=O)(=O)c1ccc(N[C@H](CCN2CC3CCC(C2)O3)CSc2ccccc2)c(S(=O)(=O)C(F)(F)F)c1)c1ccc(NCCNCC2=C(c3ccc(Cl)cc3)CCCC2)cc1. The van der Waals surface area contributed by atoms with Crippen molar-refractivity contribution in [1.29, 1.82) is 0 Å². The fraction of sp³-hybridized carbons (Fsp3) is 0.400. The van der Waals surface area contributed by atoms with Gasteiger partial charge in [0.2, 0.25) is 0 Å². The molecule has 4 N–H and O–H groups in total. The Morgan fingerprint density at radius 1 is 0.873 bits per heavy atom. The highest BCUT2D eigenvalue weighted by atomic mass is 35.5. The summed E-state index contributed by atoms with van der Waals surface area (Å²) >= 11 is 7.55. The number of sulfonamides is 1. The molecule has 4 aromatic carbocycles. The summed E-state index contributed by atoms with van der Waals surface area (Å²) in [5, 5.41) is 10.5.